The smallest absolute Gasteiger partial charge is 0.440 e. The standard InChI is InChI=1S/C20H24F3N3O5/c1-30-14-9-8-13(10-15(14)31-2)16(27)24-19(20(21,22)23)17(28)26(18(29)25-19)11-12-6-4-3-5-7-12/h8-10,12H,3-7,11H2,1-2H3,(H,24,27)(H,25,29)/t19-/m0/s1. The van der Waals surface area contributed by atoms with Gasteiger partial charge >= 0.3 is 12.2 Å². The molecule has 2 aliphatic rings. The van der Waals surface area contributed by atoms with Gasteiger partial charge in [-0.1, -0.05) is 19.3 Å². The van der Waals surface area contributed by atoms with Gasteiger partial charge in [0.1, 0.15) is 0 Å². The predicted octanol–water partition coefficient (Wildman–Crippen LogP) is 2.82. The molecule has 1 heterocycles. The fraction of sp³-hybridized carbons (Fsp3) is 0.550. The van der Waals surface area contributed by atoms with Crippen molar-refractivity contribution in [1.29, 1.82) is 0 Å². The van der Waals surface area contributed by atoms with Crippen LogP contribution in [0.15, 0.2) is 18.2 Å². The van der Waals surface area contributed by atoms with Gasteiger partial charge in [-0.2, -0.15) is 13.2 Å². The number of rotatable bonds is 6. The molecular weight excluding hydrogens is 419 g/mol. The van der Waals surface area contributed by atoms with Gasteiger partial charge < -0.3 is 14.8 Å². The summed E-state index contributed by atoms with van der Waals surface area (Å²) in [7, 11) is 2.67. The molecule has 11 heteroatoms. The molecule has 0 spiro atoms. The van der Waals surface area contributed by atoms with Gasteiger partial charge in [0.15, 0.2) is 11.5 Å². The van der Waals surface area contributed by atoms with Gasteiger partial charge in [-0.15, -0.1) is 0 Å². The van der Waals surface area contributed by atoms with Gasteiger partial charge in [0.2, 0.25) is 0 Å². The van der Waals surface area contributed by atoms with E-state index in [1.165, 1.54) is 32.4 Å². The molecule has 4 amide bonds. The molecule has 3 rings (SSSR count). The maximum Gasteiger partial charge on any atom is 0.440 e. The van der Waals surface area contributed by atoms with E-state index in [0.29, 0.717) is 4.90 Å². The van der Waals surface area contributed by atoms with Gasteiger partial charge in [-0.3, -0.25) is 19.8 Å². The van der Waals surface area contributed by atoms with Crippen molar-refractivity contribution in [3.63, 3.8) is 0 Å². The third kappa shape index (κ3) is 4.26. The highest BCUT2D eigenvalue weighted by atomic mass is 19.4. The Morgan fingerprint density at radius 2 is 1.81 bits per heavy atom. The molecular formula is C20H24F3N3O5. The van der Waals surface area contributed by atoms with Gasteiger partial charge in [0.05, 0.1) is 14.2 Å². The molecule has 1 aliphatic carbocycles. The second kappa shape index (κ2) is 8.64. The number of alkyl halides is 3. The molecule has 2 fully saturated rings. The van der Waals surface area contributed by atoms with Crippen LogP contribution < -0.4 is 20.1 Å². The number of ether oxygens (including phenoxy) is 2. The van der Waals surface area contributed by atoms with Crippen LogP contribution in [0.2, 0.25) is 0 Å². The Kier molecular flexibility index (Phi) is 6.33. The zero-order chi connectivity index (χ0) is 22.8. The van der Waals surface area contributed by atoms with Gasteiger partial charge in [0, 0.05) is 12.1 Å². The first-order valence-corrected chi connectivity index (χ1v) is 9.88. The van der Waals surface area contributed by atoms with Crippen molar-refractivity contribution in [2.75, 3.05) is 20.8 Å². The summed E-state index contributed by atoms with van der Waals surface area (Å²) in [6, 6.07) is 2.57. The highest BCUT2D eigenvalue weighted by Gasteiger charge is 2.68. The minimum Gasteiger partial charge on any atom is -0.493 e. The van der Waals surface area contributed by atoms with Gasteiger partial charge in [-0.25, -0.2) is 4.79 Å². The molecule has 0 radical (unpaired) electrons. The highest BCUT2D eigenvalue weighted by Crippen LogP contribution is 2.36. The van der Waals surface area contributed by atoms with Crippen LogP contribution in [0.5, 0.6) is 11.5 Å². The first kappa shape index (κ1) is 22.7. The molecule has 31 heavy (non-hydrogen) atoms. The number of nitrogens with one attached hydrogen (secondary N) is 2. The summed E-state index contributed by atoms with van der Waals surface area (Å²) in [4.78, 5) is 38.3. The third-order valence-corrected chi connectivity index (χ3v) is 5.64. The number of carbonyl (C=O) groups is 3. The maximum absolute atomic E-state index is 14.0. The number of amides is 4. The first-order chi connectivity index (χ1) is 14.6. The van der Waals surface area contributed by atoms with Crippen LogP contribution in [0.25, 0.3) is 0 Å². The minimum atomic E-state index is -5.26. The summed E-state index contributed by atoms with van der Waals surface area (Å²) in [5.41, 5.74) is -3.74. The molecule has 8 nitrogen and oxygen atoms in total. The molecule has 1 aromatic rings. The number of benzene rings is 1. The van der Waals surface area contributed by atoms with Crippen LogP contribution in [0.3, 0.4) is 0 Å². The van der Waals surface area contributed by atoms with Crippen LogP contribution in [0.4, 0.5) is 18.0 Å². The van der Waals surface area contributed by atoms with E-state index in [1.807, 2.05) is 0 Å². The van der Waals surface area contributed by atoms with Crippen molar-refractivity contribution in [3.8, 4) is 11.5 Å². The third-order valence-electron chi connectivity index (χ3n) is 5.64. The van der Waals surface area contributed by atoms with Crippen molar-refractivity contribution < 1.29 is 37.0 Å². The zero-order valence-corrected chi connectivity index (χ0v) is 17.2. The molecule has 1 atom stereocenters. The Morgan fingerprint density at radius 3 is 2.39 bits per heavy atom. The molecule has 0 bridgehead atoms. The number of urea groups is 1. The average molecular weight is 443 g/mol. The van der Waals surface area contributed by atoms with E-state index in [9.17, 15) is 27.6 Å². The zero-order valence-electron chi connectivity index (χ0n) is 17.2. The number of halogens is 3. The lowest BCUT2D eigenvalue weighted by molar-refractivity contribution is -0.200. The summed E-state index contributed by atoms with van der Waals surface area (Å²) < 4.78 is 52.1. The second-order valence-corrected chi connectivity index (χ2v) is 7.62. The van der Waals surface area contributed by atoms with E-state index in [4.69, 9.17) is 9.47 Å². The average Bonchev–Trinajstić information content (AvgIpc) is 2.98. The molecule has 1 saturated heterocycles. The molecule has 2 N–H and O–H groups in total. The molecule has 170 valence electrons. The number of hydrogen-bond donors (Lipinski definition) is 2. The fourth-order valence-corrected chi connectivity index (χ4v) is 3.94. The summed E-state index contributed by atoms with van der Waals surface area (Å²) >= 11 is 0. The number of hydrogen-bond acceptors (Lipinski definition) is 5. The second-order valence-electron chi connectivity index (χ2n) is 7.62. The maximum atomic E-state index is 14.0. The van der Waals surface area contributed by atoms with Crippen LogP contribution in [0.1, 0.15) is 42.5 Å². The van der Waals surface area contributed by atoms with Crippen molar-refractivity contribution in [2.24, 2.45) is 5.92 Å². The lowest BCUT2D eigenvalue weighted by Crippen LogP contribution is -2.69. The topological polar surface area (TPSA) is 97.0 Å². The van der Waals surface area contributed by atoms with E-state index in [0.717, 1.165) is 32.1 Å². The van der Waals surface area contributed by atoms with Gasteiger partial charge in [0.25, 0.3) is 17.5 Å². The monoisotopic (exact) mass is 443 g/mol. The molecule has 0 aromatic heterocycles. The summed E-state index contributed by atoms with van der Waals surface area (Å²) in [5, 5.41) is 3.37. The quantitative estimate of drug-likeness (QED) is 0.659. The van der Waals surface area contributed by atoms with Gasteiger partial charge in [-0.05, 0) is 37.0 Å². The lowest BCUT2D eigenvalue weighted by Gasteiger charge is -2.30. The van der Waals surface area contributed by atoms with Crippen molar-refractivity contribution in [3.05, 3.63) is 23.8 Å². The number of carbonyl (C=O) groups excluding carboxylic acids is 3. The fourth-order valence-electron chi connectivity index (χ4n) is 3.94. The summed E-state index contributed by atoms with van der Waals surface area (Å²) in [6.07, 6.45) is -0.983. The Morgan fingerprint density at radius 1 is 1.16 bits per heavy atom. The van der Waals surface area contributed by atoms with Crippen molar-refractivity contribution in [2.45, 2.75) is 43.9 Å². The SMILES string of the molecule is COc1ccc(C(=O)N[C@]2(C(F)(F)F)NC(=O)N(CC3CCCCC3)C2=O)cc1OC. The van der Waals surface area contributed by atoms with Crippen LogP contribution in [-0.4, -0.2) is 55.3 Å². The van der Waals surface area contributed by atoms with Crippen LogP contribution >= 0.6 is 0 Å². The van der Waals surface area contributed by atoms with E-state index >= 15 is 0 Å². The summed E-state index contributed by atoms with van der Waals surface area (Å²) in [5.74, 6) is -2.41. The van der Waals surface area contributed by atoms with Crippen molar-refractivity contribution >= 4 is 17.8 Å². The molecule has 0 unspecified atom stereocenters. The van der Waals surface area contributed by atoms with E-state index in [2.05, 4.69) is 0 Å². The first-order valence-electron chi connectivity index (χ1n) is 9.88. The van der Waals surface area contributed by atoms with E-state index < -0.39 is 29.7 Å². The highest BCUT2D eigenvalue weighted by molar-refractivity contribution is 6.10. The Bertz CT molecular complexity index is 870. The minimum absolute atomic E-state index is 0.0611. The number of nitrogens with zero attached hydrogens (tertiary/aromatic N) is 1. The lowest BCUT2D eigenvalue weighted by atomic mass is 9.89. The molecule has 1 aliphatic heterocycles. The predicted molar refractivity (Wildman–Crippen MR) is 103 cm³/mol. The number of methoxy groups -OCH3 is 2. The Hall–Kier alpha value is -2.98. The molecule has 1 saturated carbocycles. The van der Waals surface area contributed by atoms with E-state index in [-0.39, 0.29) is 29.5 Å². The molecule has 1 aromatic carbocycles. The van der Waals surface area contributed by atoms with Crippen molar-refractivity contribution in [1.82, 2.24) is 15.5 Å². The number of imide groups is 1. The Labute approximate surface area is 177 Å². The largest absolute Gasteiger partial charge is 0.493 e. The normalized spacial score (nSPS) is 22.3. The van der Waals surface area contributed by atoms with Crippen LogP contribution in [0, 0.1) is 5.92 Å². The summed E-state index contributed by atoms with van der Waals surface area (Å²) in [6.45, 7) is -0.116. The van der Waals surface area contributed by atoms with Crippen LogP contribution in [-0.2, 0) is 4.79 Å². The Balaban J connectivity index is 1.87. The van der Waals surface area contributed by atoms with E-state index in [1.54, 1.807) is 10.6 Å².